The van der Waals surface area contributed by atoms with Crippen LogP contribution in [0.15, 0.2) is 72.5 Å². The highest BCUT2D eigenvalue weighted by Gasteiger charge is 2.13. The normalized spacial score (nSPS) is 18.0. The van der Waals surface area contributed by atoms with Gasteiger partial charge in [-0.15, -0.1) is 0 Å². The van der Waals surface area contributed by atoms with Gasteiger partial charge < -0.3 is 4.90 Å². The number of anilines is 1. The van der Waals surface area contributed by atoms with Crippen molar-refractivity contribution in [2.24, 2.45) is 0 Å². The maximum atomic E-state index is 3.78. The number of rotatable bonds is 6. The number of benzene rings is 1. The van der Waals surface area contributed by atoms with Crippen molar-refractivity contribution in [3.63, 3.8) is 0 Å². The molecule has 0 amide bonds. The smallest absolute Gasteiger partial charge is 0.0410 e. The molecule has 1 aliphatic carbocycles. The fraction of sp³-hybridized carbons (Fsp3) is 0.300. The minimum Gasteiger partial charge on any atom is -0.341 e. The van der Waals surface area contributed by atoms with E-state index < -0.39 is 0 Å². The molecule has 1 unspecified atom stereocenters. The summed E-state index contributed by atoms with van der Waals surface area (Å²) in [7, 11) is 0. The van der Waals surface area contributed by atoms with Gasteiger partial charge in [-0.05, 0) is 44.9 Å². The van der Waals surface area contributed by atoms with Crippen LogP contribution in [0.2, 0.25) is 0 Å². The Morgan fingerprint density at radius 1 is 1.36 bits per heavy atom. The molecule has 2 heteroatoms. The summed E-state index contributed by atoms with van der Waals surface area (Å²) in [6, 6.07) is 8.76. The molecule has 2 rings (SSSR count). The Labute approximate surface area is 142 Å². The van der Waals surface area contributed by atoms with Crippen LogP contribution < -0.4 is 4.90 Å². The summed E-state index contributed by atoms with van der Waals surface area (Å²) in [6.07, 6.45) is 12.8. The average molecular weight is 358 g/mol. The van der Waals surface area contributed by atoms with Crippen molar-refractivity contribution < 1.29 is 0 Å². The van der Waals surface area contributed by atoms with Crippen LogP contribution in [0.3, 0.4) is 0 Å². The second-order valence-corrected chi connectivity index (χ2v) is 6.90. The first-order valence-electron chi connectivity index (χ1n) is 7.75. The third-order valence-corrected chi connectivity index (χ3v) is 4.50. The number of halogens is 1. The third kappa shape index (κ3) is 4.74. The van der Waals surface area contributed by atoms with Crippen molar-refractivity contribution in [1.29, 1.82) is 0 Å². The van der Waals surface area contributed by atoms with Crippen molar-refractivity contribution in [2.75, 3.05) is 11.4 Å². The van der Waals surface area contributed by atoms with Crippen LogP contribution in [0, 0.1) is 6.92 Å². The Kier molecular flexibility index (Phi) is 6.26. The van der Waals surface area contributed by atoms with Gasteiger partial charge in [0.2, 0.25) is 0 Å². The van der Waals surface area contributed by atoms with Crippen LogP contribution >= 0.6 is 15.9 Å². The van der Waals surface area contributed by atoms with Crippen LogP contribution in [-0.2, 0) is 0 Å². The van der Waals surface area contributed by atoms with E-state index in [2.05, 4.69) is 89.8 Å². The highest BCUT2D eigenvalue weighted by atomic mass is 79.9. The Hall–Kier alpha value is -1.54. The second-order valence-electron chi connectivity index (χ2n) is 5.73. The zero-order chi connectivity index (χ0) is 15.9. The molecule has 0 spiro atoms. The van der Waals surface area contributed by atoms with Crippen molar-refractivity contribution >= 4 is 21.6 Å². The molecule has 0 N–H and O–H groups in total. The topological polar surface area (TPSA) is 3.24 Å². The first-order valence-corrected chi connectivity index (χ1v) is 8.66. The molecule has 0 radical (unpaired) electrons. The predicted molar refractivity (Wildman–Crippen MR) is 102 cm³/mol. The van der Waals surface area contributed by atoms with E-state index in [0.29, 0.717) is 4.83 Å². The molecule has 0 aliphatic heterocycles. The van der Waals surface area contributed by atoms with Gasteiger partial charge in [0.25, 0.3) is 0 Å². The Morgan fingerprint density at radius 3 is 2.68 bits per heavy atom. The van der Waals surface area contributed by atoms with E-state index >= 15 is 0 Å². The minimum atomic E-state index is 0.457. The number of allylic oxidation sites excluding steroid dienone is 5. The molecule has 22 heavy (non-hydrogen) atoms. The van der Waals surface area contributed by atoms with E-state index in [4.69, 9.17) is 0 Å². The molecule has 1 atom stereocenters. The number of aryl methyl sites for hydroxylation is 1. The lowest BCUT2D eigenvalue weighted by Crippen LogP contribution is -2.24. The molecule has 116 valence electrons. The lowest BCUT2D eigenvalue weighted by atomic mass is 10.1. The molecule has 0 saturated carbocycles. The summed E-state index contributed by atoms with van der Waals surface area (Å²) in [4.78, 5) is 2.86. The predicted octanol–water partition coefficient (Wildman–Crippen LogP) is 5.93. The quantitative estimate of drug-likeness (QED) is 0.450. The van der Waals surface area contributed by atoms with Gasteiger partial charge in [-0.2, -0.15) is 0 Å². The van der Waals surface area contributed by atoms with Gasteiger partial charge in [0.15, 0.2) is 0 Å². The van der Waals surface area contributed by atoms with Gasteiger partial charge in [-0.3, -0.25) is 0 Å². The molecule has 0 heterocycles. The molecular weight excluding hydrogens is 334 g/mol. The lowest BCUT2D eigenvalue weighted by molar-refractivity contribution is 0.861. The van der Waals surface area contributed by atoms with E-state index in [1.54, 1.807) is 0 Å². The van der Waals surface area contributed by atoms with Gasteiger partial charge in [0, 0.05) is 22.8 Å². The Morgan fingerprint density at radius 2 is 2.09 bits per heavy atom. The van der Waals surface area contributed by atoms with E-state index in [1.807, 2.05) is 6.08 Å². The zero-order valence-electron chi connectivity index (χ0n) is 13.4. The Balaban J connectivity index is 2.21. The number of hydrogen-bond acceptors (Lipinski definition) is 1. The molecule has 1 aromatic carbocycles. The first kappa shape index (κ1) is 16.8. The van der Waals surface area contributed by atoms with Crippen LogP contribution in [0.5, 0.6) is 0 Å². The first-order chi connectivity index (χ1) is 10.6. The number of hydrogen-bond donors (Lipinski definition) is 0. The molecule has 1 nitrogen and oxygen atoms in total. The number of nitrogens with zero attached hydrogens (tertiary/aromatic N) is 1. The molecular formula is C20H24BrN. The molecule has 0 saturated heterocycles. The maximum Gasteiger partial charge on any atom is 0.0410 e. The summed E-state index contributed by atoms with van der Waals surface area (Å²) >= 11 is 3.64. The molecule has 0 aromatic heterocycles. The van der Waals surface area contributed by atoms with Gasteiger partial charge >= 0.3 is 0 Å². The molecule has 0 bridgehead atoms. The van der Waals surface area contributed by atoms with Gasteiger partial charge in [-0.1, -0.05) is 70.1 Å². The highest BCUT2D eigenvalue weighted by molar-refractivity contribution is 9.09. The van der Waals surface area contributed by atoms with Crippen molar-refractivity contribution in [1.82, 2.24) is 0 Å². The second kappa shape index (κ2) is 8.19. The Bertz CT molecular complexity index is 593. The lowest BCUT2D eigenvalue weighted by Gasteiger charge is -2.28. The van der Waals surface area contributed by atoms with Gasteiger partial charge in [0.1, 0.15) is 0 Å². The molecule has 0 fully saturated rings. The largest absolute Gasteiger partial charge is 0.341 e. The third-order valence-electron chi connectivity index (χ3n) is 3.82. The standard InChI is InChI=1S/C20H24BrN/c1-4-5-16(2)14-15-22(19-10-6-17(3)7-11-19)20-12-8-18(21)9-13-20/h4-8,10-13,18H,1,9,14-15H2,2-3H3/b16-5-. The summed E-state index contributed by atoms with van der Waals surface area (Å²) in [5.41, 5.74) is 5.18. The monoisotopic (exact) mass is 357 g/mol. The summed E-state index contributed by atoms with van der Waals surface area (Å²) < 4.78 is 0. The highest BCUT2D eigenvalue weighted by Crippen LogP contribution is 2.26. The van der Waals surface area contributed by atoms with Crippen molar-refractivity contribution in [3.05, 3.63) is 78.1 Å². The van der Waals surface area contributed by atoms with Gasteiger partial charge in [0.05, 0.1) is 0 Å². The van der Waals surface area contributed by atoms with Gasteiger partial charge in [-0.25, -0.2) is 0 Å². The van der Waals surface area contributed by atoms with Crippen molar-refractivity contribution in [2.45, 2.75) is 31.5 Å². The van der Waals surface area contributed by atoms with E-state index in [-0.39, 0.29) is 0 Å². The average Bonchev–Trinajstić information content (AvgIpc) is 2.51. The number of alkyl halides is 1. The van der Waals surface area contributed by atoms with Crippen molar-refractivity contribution in [3.8, 4) is 0 Å². The van der Waals surface area contributed by atoms with Crippen LogP contribution in [0.4, 0.5) is 5.69 Å². The van der Waals surface area contributed by atoms with Crippen LogP contribution in [0.1, 0.15) is 25.3 Å². The van der Waals surface area contributed by atoms with E-state index in [9.17, 15) is 0 Å². The summed E-state index contributed by atoms with van der Waals surface area (Å²) in [6.45, 7) is 9.04. The summed E-state index contributed by atoms with van der Waals surface area (Å²) in [5, 5.41) is 0. The maximum absolute atomic E-state index is 3.78. The zero-order valence-corrected chi connectivity index (χ0v) is 15.0. The molecule has 1 aromatic rings. The fourth-order valence-corrected chi connectivity index (χ4v) is 2.83. The fourth-order valence-electron chi connectivity index (χ4n) is 2.49. The minimum absolute atomic E-state index is 0.457. The van der Waals surface area contributed by atoms with E-state index in [1.165, 1.54) is 22.5 Å². The van der Waals surface area contributed by atoms with Crippen LogP contribution in [0.25, 0.3) is 0 Å². The molecule has 1 aliphatic rings. The summed E-state index contributed by atoms with van der Waals surface area (Å²) in [5.74, 6) is 0. The SMILES string of the molecule is C=C/C=C(/C)CCN(C1=CCC(Br)C=C1)c1ccc(C)cc1. The van der Waals surface area contributed by atoms with E-state index in [0.717, 1.165) is 19.4 Å². The van der Waals surface area contributed by atoms with Crippen LogP contribution in [-0.4, -0.2) is 11.4 Å².